The lowest BCUT2D eigenvalue weighted by Crippen LogP contribution is -2.57. The maximum Gasteiger partial charge on any atom is 0.326 e. The molecule has 0 aliphatic carbocycles. The smallest absolute Gasteiger partial charge is 0.326 e. The summed E-state index contributed by atoms with van der Waals surface area (Å²) < 4.78 is 0. The first kappa shape index (κ1) is 28.8. The molecule has 4 amide bonds. The van der Waals surface area contributed by atoms with Gasteiger partial charge in [0.2, 0.25) is 23.6 Å². The van der Waals surface area contributed by atoms with Crippen LogP contribution in [-0.4, -0.2) is 111 Å². The highest BCUT2D eigenvalue weighted by Gasteiger charge is 2.46. The monoisotopic (exact) mass is 569 g/mol. The summed E-state index contributed by atoms with van der Waals surface area (Å²) >= 11 is 0. The Balaban J connectivity index is 1.24. The predicted octanol–water partition coefficient (Wildman–Crippen LogP) is 0.229. The average Bonchev–Trinajstić information content (AvgIpc) is 3.79. The van der Waals surface area contributed by atoms with Crippen LogP contribution in [0.4, 0.5) is 0 Å². The van der Waals surface area contributed by atoms with E-state index in [1.54, 1.807) is 21.9 Å². The molecule has 0 saturated carbocycles. The fraction of sp³-hybridized carbons (Fsp3) is 0.621. The van der Waals surface area contributed by atoms with E-state index in [1.165, 1.54) is 17.0 Å². The Morgan fingerprint density at radius 2 is 1.32 bits per heavy atom. The zero-order chi connectivity index (χ0) is 29.1. The minimum Gasteiger partial charge on any atom is -0.508 e. The van der Waals surface area contributed by atoms with Crippen molar-refractivity contribution in [3.05, 3.63) is 29.8 Å². The van der Waals surface area contributed by atoms with Crippen molar-refractivity contribution in [1.29, 1.82) is 0 Å². The van der Waals surface area contributed by atoms with E-state index >= 15 is 0 Å². The van der Waals surface area contributed by atoms with Gasteiger partial charge in [-0.25, -0.2) is 4.79 Å². The molecule has 4 fully saturated rings. The predicted molar refractivity (Wildman–Crippen MR) is 147 cm³/mol. The molecule has 0 radical (unpaired) electrons. The third-order valence-electron chi connectivity index (χ3n) is 8.83. The number of carboxylic acids is 1. The number of nitrogens with one attached hydrogen (secondary N) is 2. The summed E-state index contributed by atoms with van der Waals surface area (Å²) in [5.74, 6) is -2.22. The lowest BCUT2D eigenvalue weighted by atomic mass is 10.0. The number of hydrogen-bond acceptors (Lipinski definition) is 7. The first-order valence-electron chi connectivity index (χ1n) is 14.7. The summed E-state index contributed by atoms with van der Waals surface area (Å²) in [6, 6.07) is 2.54. The summed E-state index contributed by atoms with van der Waals surface area (Å²) in [5, 5.41) is 25.0. The fourth-order valence-electron chi connectivity index (χ4n) is 6.69. The van der Waals surface area contributed by atoms with Crippen molar-refractivity contribution in [2.45, 2.75) is 88.0 Å². The van der Waals surface area contributed by atoms with Gasteiger partial charge in [-0.05, 0) is 75.6 Å². The molecule has 4 aliphatic rings. The normalized spacial score (nSPS) is 26.8. The first-order chi connectivity index (χ1) is 19.7. The van der Waals surface area contributed by atoms with Gasteiger partial charge in [-0.15, -0.1) is 0 Å². The van der Waals surface area contributed by atoms with Gasteiger partial charge in [-0.3, -0.25) is 19.2 Å². The van der Waals surface area contributed by atoms with Gasteiger partial charge in [0.05, 0.1) is 6.04 Å². The molecule has 5 atom stereocenters. The summed E-state index contributed by atoms with van der Waals surface area (Å²) in [6.07, 6.45) is 5.18. The van der Waals surface area contributed by atoms with E-state index in [0.29, 0.717) is 57.3 Å². The van der Waals surface area contributed by atoms with Crippen molar-refractivity contribution in [2.24, 2.45) is 0 Å². The van der Waals surface area contributed by atoms with Crippen LogP contribution in [0.3, 0.4) is 0 Å². The van der Waals surface area contributed by atoms with Crippen LogP contribution in [-0.2, 0) is 30.4 Å². The van der Waals surface area contributed by atoms with Gasteiger partial charge >= 0.3 is 5.97 Å². The molecule has 1 aromatic rings. The van der Waals surface area contributed by atoms with Crippen LogP contribution in [0.1, 0.15) is 56.9 Å². The van der Waals surface area contributed by atoms with Gasteiger partial charge in [-0.2, -0.15) is 0 Å². The van der Waals surface area contributed by atoms with Crippen LogP contribution in [0.15, 0.2) is 24.3 Å². The minimum atomic E-state index is -1.20. The lowest BCUT2D eigenvalue weighted by Gasteiger charge is -2.34. The van der Waals surface area contributed by atoms with E-state index in [1.807, 2.05) is 0 Å². The Labute approximate surface area is 239 Å². The minimum absolute atomic E-state index is 0.0277. The number of phenols is 1. The van der Waals surface area contributed by atoms with E-state index in [4.69, 9.17) is 0 Å². The number of carbonyl (C=O) groups is 5. The van der Waals surface area contributed by atoms with Crippen LogP contribution >= 0.6 is 0 Å². The Morgan fingerprint density at radius 3 is 1.85 bits per heavy atom. The second-order valence-corrected chi connectivity index (χ2v) is 11.5. The summed E-state index contributed by atoms with van der Waals surface area (Å²) in [4.78, 5) is 70.6. The molecule has 4 N–H and O–H groups in total. The quantitative estimate of drug-likeness (QED) is 0.346. The second kappa shape index (κ2) is 12.5. The van der Waals surface area contributed by atoms with Crippen LogP contribution in [0.25, 0.3) is 0 Å². The molecule has 5 rings (SSSR count). The van der Waals surface area contributed by atoms with Gasteiger partial charge in [-0.1, -0.05) is 12.1 Å². The number of carboxylic acid groups (broad SMARTS) is 1. The molecular formula is C29H39N5O7. The Morgan fingerprint density at radius 1 is 0.780 bits per heavy atom. The highest BCUT2D eigenvalue weighted by atomic mass is 16.4. The number of aliphatic carboxylic acids is 1. The standard InChI is InChI=1S/C29H39N5O7/c35-19-11-9-18(10-12-19)17-21(29(40)41)31-25(36)22-6-2-14-32(22)27(38)24-8-4-16-34(24)28(39)23-7-3-15-33(23)26(37)20-5-1-13-30-20/h9-12,20-24,30,35H,1-8,13-17H2,(H,31,36)(H,40,41)/t20-,21-,22-,23-,24-/m0/s1. The second-order valence-electron chi connectivity index (χ2n) is 11.5. The van der Waals surface area contributed by atoms with Crippen molar-refractivity contribution < 1.29 is 34.2 Å². The number of hydrogen-bond donors (Lipinski definition) is 4. The van der Waals surface area contributed by atoms with E-state index < -0.39 is 36.0 Å². The molecule has 222 valence electrons. The van der Waals surface area contributed by atoms with Crippen molar-refractivity contribution in [1.82, 2.24) is 25.3 Å². The molecule has 0 bridgehead atoms. The third-order valence-corrected chi connectivity index (χ3v) is 8.83. The molecule has 12 nitrogen and oxygen atoms in total. The number of carbonyl (C=O) groups excluding carboxylic acids is 4. The van der Waals surface area contributed by atoms with Crippen molar-refractivity contribution in [2.75, 3.05) is 26.2 Å². The van der Waals surface area contributed by atoms with Gasteiger partial charge in [0.25, 0.3) is 0 Å². The Kier molecular flexibility index (Phi) is 8.77. The number of amides is 4. The number of rotatable bonds is 8. The molecule has 41 heavy (non-hydrogen) atoms. The van der Waals surface area contributed by atoms with E-state index in [0.717, 1.165) is 25.8 Å². The third kappa shape index (κ3) is 6.17. The van der Waals surface area contributed by atoms with Crippen LogP contribution in [0, 0.1) is 0 Å². The fourth-order valence-corrected chi connectivity index (χ4v) is 6.69. The Hall–Kier alpha value is -3.67. The molecule has 4 aliphatic heterocycles. The van der Waals surface area contributed by atoms with Crippen molar-refractivity contribution >= 4 is 29.6 Å². The molecule has 0 unspecified atom stereocenters. The van der Waals surface area contributed by atoms with Gasteiger partial charge < -0.3 is 35.5 Å². The maximum absolute atomic E-state index is 13.8. The van der Waals surface area contributed by atoms with Crippen LogP contribution in [0.2, 0.25) is 0 Å². The van der Waals surface area contributed by atoms with Crippen LogP contribution < -0.4 is 10.6 Å². The van der Waals surface area contributed by atoms with Gasteiger partial charge in [0.15, 0.2) is 0 Å². The largest absolute Gasteiger partial charge is 0.508 e. The highest BCUT2D eigenvalue weighted by Crippen LogP contribution is 2.29. The van der Waals surface area contributed by atoms with Gasteiger partial charge in [0, 0.05) is 26.1 Å². The van der Waals surface area contributed by atoms with Crippen molar-refractivity contribution in [3.8, 4) is 5.75 Å². The average molecular weight is 570 g/mol. The lowest BCUT2D eigenvalue weighted by molar-refractivity contribution is -0.151. The number of phenolic OH excluding ortho intramolecular Hbond substituents is 1. The van der Waals surface area contributed by atoms with Crippen LogP contribution in [0.5, 0.6) is 5.75 Å². The molecule has 0 aromatic heterocycles. The molecule has 12 heteroatoms. The summed E-state index contributed by atoms with van der Waals surface area (Å²) in [7, 11) is 0. The van der Waals surface area contributed by atoms with E-state index in [-0.39, 0.29) is 35.9 Å². The van der Waals surface area contributed by atoms with Crippen molar-refractivity contribution in [3.63, 3.8) is 0 Å². The highest BCUT2D eigenvalue weighted by molar-refractivity contribution is 5.96. The zero-order valence-corrected chi connectivity index (χ0v) is 23.2. The molecule has 4 saturated heterocycles. The van der Waals surface area contributed by atoms with E-state index in [9.17, 15) is 34.2 Å². The number of aromatic hydroxyl groups is 1. The zero-order valence-electron chi connectivity index (χ0n) is 23.2. The summed E-state index contributed by atoms with van der Waals surface area (Å²) in [5.41, 5.74) is 0.637. The molecule has 1 aromatic carbocycles. The molecule has 0 spiro atoms. The number of benzene rings is 1. The Bertz CT molecular complexity index is 1170. The molecule has 4 heterocycles. The number of nitrogens with zero attached hydrogens (tertiary/aromatic N) is 3. The van der Waals surface area contributed by atoms with E-state index in [2.05, 4.69) is 10.6 Å². The first-order valence-corrected chi connectivity index (χ1v) is 14.7. The topological polar surface area (TPSA) is 160 Å². The maximum atomic E-state index is 13.8. The SMILES string of the molecule is O=C(O)[C@H](Cc1ccc(O)cc1)NC(=O)[C@@H]1CCCN1C(=O)[C@@H]1CCCN1C(=O)[C@@H]1CCCN1C(=O)[C@@H]1CCCN1. The number of likely N-dealkylation sites (tertiary alicyclic amines) is 3. The summed E-state index contributed by atoms with van der Waals surface area (Å²) in [6.45, 7) is 2.10. The molecular weight excluding hydrogens is 530 g/mol. The van der Waals surface area contributed by atoms with Gasteiger partial charge in [0.1, 0.15) is 29.9 Å².